The summed E-state index contributed by atoms with van der Waals surface area (Å²) in [7, 11) is 1.40. The molecule has 132 valence electrons. The zero-order valence-corrected chi connectivity index (χ0v) is 15.2. The molecular formula is C16H12BrF3N2O2S. The fraction of sp³-hybridized carbons (Fsp3) is 0.125. The van der Waals surface area contributed by atoms with E-state index in [0.717, 1.165) is 6.07 Å². The molecule has 2 N–H and O–H groups in total. The van der Waals surface area contributed by atoms with Crippen LogP contribution < -0.4 is 15.4 Å². The van der Waals surface area contributed by atoms with Crippen LogP contribution in [0.3, 0.4) is 0 Å². The standard InChI is InChI=1S/C16H12BrF3N2O2S/c1-24-13-7-6-9(17)8-10(13)14(23)22-15(25)21-12-5-3-2-4-11(12)16(18,19)20/h2-8H,1H3,(H2,21,22,23,25). The average molecular weight is 433 g/mol. The predicted octanol–water partition coefficient (Wildman–Crippen LogP) is 4.60. The maximum absolute atomic E-state index is 13.0. The molecule has 2 aromatic carbocycles. The van der Waals surface area contributed by atoms with Gasteiger partial charge >= 0.3 is 6.18 Å². The van der Waals surface area contributed by atoms with Crippen LogP contribution in [0.1, 0.15) is 15.9 Å². The molecule has 0 fully saturated rings. The molecule has 0 bridgehead atoms. The van der Waals surface area contributed by atoms with Gasteiger partial charge in [0.15, 0.2) is 5.11 Å². The van der Waals surface area contributed by atoms with Crippen LogP contribution in [0.4, 0.5) is 18.9 Å². The summed E-state index contributed by atoms with van der Waals surface area (Å²) in [6.45, 7) is 0. The molecule has 0 aliphatic rings. The minimum absolute atomic E-state index is 0.185. The Morgan fingerprint density at radius 3 is 2.52 bits per heavy atom. The fourth-order valence-corrected chi connectivity index (χ4v) is 2.58. The number of benzene rings is 2. The molecule has 4 nitrogen and oxygen atoms in total. The summed E-state index contributed by atoms with van der Waals surface area (Å²) in [6, 6.07) is 9.62. The third-order valence-electron chi connectivity index (χ3n) is 3.11. The van der Waals surface area contributed by atoms with Gasteiger partial charge < -0.3 is 10.1 Å². The van der Waals surface area contributed by atoms with Crippen LogP contribution in [0.2, 0.25) is 0 Å². The second kappa shape index (κ2) is 7.83. The number of hydrogen-bond donors (Lipinski definition) is 2. The van der Waals surface area contributed by atoms with Gasteiger partial charge in [0.05, 0.1) is 23.9 Å². The van der Waals surface area contributed by atoms with E-state index in [1.807, 2.05) is 0 Å². The molecule has 0 saturated carbocycles. The molecule has 2 aromatic rings. The largest absolute Gasteiger partial charge is 0.496 e. The van der Waals surface area contributed by atoms with Gasteiger partial charge in [0.1, 0.15) is 5.75 Å². The molecule has 0 aliphatic heterocycles. The van der Waals surface area contributed by atoms with E-state index < -0.39 is 17.6 Å². The molecule has 0 aromatic heterocycles. The molecule has 0 aliphatic carbocycles. The molecule has 9 heteroatoms. The zero-order valence-electron chi connectivity index (χ0n) is 12.8. The lowest BCUT2D eigenvalue weighted by Gasteiger charge is -2.15. The van der Waals surface area contributed by atoms with Crippen LogP contribution >= 0.6 is 28.1 Å². The highest BCUT2D eigenvalue weighted by Gasteiger charge is 2.33. The molecule has 0 radical (unpaired) electrons. The Kier molecular flexibility index (Phi) is 6.02. The number of carbonyl (C=O) groups excluding carboxylic acids is 1. The Balaban J connectivity index is 2.17. The van der Waals surface area contributed by atoms with Crippen molar-refractivity contribution in [3.05, 3.63) is 58.1 Å². The van der Waals surface area contributed by atoms with Gasteiger partial charge in [0, 0.05) is 4.47 Å². The van der Waals surface area contributed by atoms with Crippen LogP contribution in [0.5, 0.6) is 5.75 Å². The summed E-state index contributed by atoms with van der Waals surface area (Å²) in [6.07, 6.45) is -4.54. The summed E-state index contributed by atoms with van der Waals surface area (Å²) in [5, 5.41) is 4.47. The molecule has 0 heterocycles. The van der Waals surface area contributed by atoms with E-state index in [2.05, 4.69) is 26.6 Å². The highest BCUT2D eigenvalue weighted by atomic mass is 79.9. The van der Waals surface area contributed by atoms with Gasteiger partial charge in [0.2, 0.25) is 0 Å². The van der Waals surface area contributed by atoms with Crippen molar-refractivity contribution in [1.29, 1.82) is 0 Å². The minimum atomic E-state index is -4.54. The van der Waals surface area contributed by atoms with Crippen LogP contribution in [0.15, 0.2) is 46.9 Å². The normalized spacial score (nSPS) is 10.9. The Bertz CT molecular complexity index is 812. The quantitative estimate of drug-likeness (QED) is 0.695. The number of carbonyl (C=O) groups is 1. The number of nitrogens with one attached hydrogen (secondary N) is 2. The van der Waals surface area contributed by atoms with Gasteiger partial charge in [-0.05, 0) is 42.5 Å². The fourth-order valence-electron chi connectivity index (χ4n) is 2.02. The smallest absolute Gasteiger partial charge is 0.418 e. The van der Waals surface area contributed by atoms with Crippen molar-refractivity contribution in [3.8, 4) is 5.75 Å². The minimum Gasteiger partial charge on any atom is -0.496 e. The number of halogens is 4. The van der Waals surface area contributed by atoms with E-state index in [-0.39, 0.29) is 16.4 Å². The third-order valence-corrected chi connectivity index (χ3v) is 3.81. The number of ether oxygens (including phenoxy) is 1. The lowest BCUT2D eigenvalue weighted by atomic mass is 10.1. The van der Waals surface area contributed by atoms with Crippen molar-refractivity contribution < 1.29 is 22.7 Å². The highest BCUT2D eigenvalue weighted by Crippen LogP contribution is 2.34. The Hall–Kier alpha value is -2.13. The highest BCUT2D eigenvalue weighted by molar-refractivity contribution is 9.10. The van der Waals surface area contributed by atoms with Crippen molar-refractivity contribution in [2.24, 2.45) is 0 Å². The number of amides is 1. The van der Waals surface area contributed by atoms with E-state index in [4.69, 9.17) is 17.0 Å². The monoisotopic (exact) mass is 432 g/mol. The first-order chi connectivity index (χ1) is 11.7. The van der Waals surface area contributed by atoms with Crippen LogP contribution in [-0.4, -0.2) is 18.1 Å². The van der Waals surface area contributed by atoms with E-state index in [1.54, 1.807) is 12.1 Å². The number of alkyl halides is 3. The number of rotatable bonds is 3. The first-order valence-corrected chi connectivity index (χ1v) is 8.04. The molecule has 0 unspecified atom stereocenters. The molecule has 1 amide bonds. The second-order valence-electron chi connectivity index (χ2n) is 4.80. The number of anilines is 1. The number of methoxy groups -OCH3 is 1. The summed E-state index contributed by atoms with van der Waals surface area (Å²) >= 11 is 8.18. The SMILES string of the molecule is COc1ccc(Br)cc1C(=O)NC(=S)Nc1ccccc1C(F)(F)F. The van der Waals surface area contributed by atoms with E-state index in [1.165, 1.54) is 31.4 Å². The van der Waals surface area contributed by atoms with Crippen molar-refractivity contribution >= 4 is 44.9 Å². The Labute approximate surface area is 155 Å². The van der Waals surface area contributed by atoms with Gasteiger partial charge in [-0.25, -0.2) is 0 Å². The maximum atomic E-state index is 13.0. The van der Waals surface area contributed by atoms with Crippen LogP contribution in [-0.2, 0) is 6.18 Å². The van der Waals surface area contributed by atoms with Gasteiger partial charge in [-0.3, -0.25) is 10.1 Å². The number of para-hydroxylation sites is 1. The van der Waals surface area contributed by atoms with Crippen LogP contribution in [0, 0.1) is 0 Å². The van der Waals surface area contributed by atoms with E-state index in [9.17, 15) is 18.0 Å². The van der Waals surface area contributed by atoms with Gasteiger partial charge in [-0.15, -0.1) is 0 Å². The molecule has 0 saturated heterocycles. The lowest BCUT2D eigenvalue weighted by Crippen LogP contribution is -2.34. The third kappa shape index (κ3) is 4.93. The van der Waals surface area contributed by atoms with Gasteiger partial charge in [-0.2, -0.15) is 13.2 Å². The predicted molar refractivity (Wildman–Crippen MR) is 95.8 cm³/mol. The average Bonchev–Trinajstić information content (AvgIpc) is 2.54. The maximum Gasteiger partial charge on any atom is 0.418 e. The summed E-state index contributed by atoms with van der Waals surface area (Å²) < 4.78 is 44.7. The number of hydrogen-bond acceptors (Lipinski definition) is 3. The van der Waals surface area contributed by atoms with Crippen molar-refractivity contribution in [1.82, 2.24) is 5.32 Å². The van der Waals surface area contributed by atoms with E-state index >= 15 is 0 Å². The summed E-state index contributed by atoms with van der Waals surface area (Å²) in [4.78, 5) is 12.3. The molecule has 25 heavy (non-hydrogen) atoms. The Morgan fingerprint density at radius 2 is 1.88 bits per heavy atom. The van der Waals surface area contributed by atoms with Gasteiger partial charge in [0.25, 0.3) is 5.91 Å². The summed E-state index contributed by atoms with van der Waals surface area (Å²) in [5.74, 6) is -0.306. The molecule has 2 rings (SSSR count). The van der Waals surface area contributed by atoms with Crippen LogP contribution in [0.25, 0.3) is 0 Å². The first kappa shape index (κ1) is 19.2. The first-order valence-electron chi connectivity index (χ1n) is 6.84. The lowest BCUT2D eigenvalue weighted by molar-refractivity contribution is -0.136. The molecular weight excluding hydrogens is 421 g/mol. The Morgan fingerprint density at radius 1 is 1.20 bits per heavy atom. The molecule has 0 spiro atoms. The second-order valence-corrected chi connectivity index (χ2v) is 6.12. The van der Waals surface area contributed by atoms with E-state index in [0.29, 0.717) is 10.2 Å². The number of thiocarbonyl (C=S) groups is 1. The zero-order chi connectivity index (χ0) is 18.6. The van der Waals surface area contributed by atoms with Crippen molar-refractivity contribution in [2.75, 3.05) is 12.4 Å². The van der Waals surface area contributed by atoms with Gasteiger partial charge in [-0.1, -0.05) is 28.1 Å². The topological polar surface area (TPSA) is 50.4 Å². The van der Waals surface area contributed by atoms with Crippen molar-refractivity contribution in [3.63, 3.8) is 0 Å². The summed E-state index contributed by atoms with van der Waals surface area (Å²) in [5.41, 5.74) is -0.946. The molecule has 0 atom stereocenters. The van der Waals surface area contributed by atoms with Crippen molar-refractivity contribution in [2.45, 2.75) is 6.18 Å².